The summed E-state index contributed by atoms with van der Waals surface area (Å²) in [5.41, 5.74) is 4.15. The van der Waals surface area contributed by atoms with Gasteiger partial charge in [-0.05, 0) is 44.9 Å². The number of carboxylic acid groups (broad SMARTS) is 2. The SMILES string of the molecule is CC(C)C(=O)C1=N[N+](C)=CC1.CC(C)C(=O)c1ccn[nH]1.Cc1cc(C(=O)C(C)C)n[nH]1.Cc1coc(C(C)C)n1.Cc1nc(C(C)C)oc1C(=O)O.Cc1oc(C(C)C)nc1C(=O)O.O=C=O. The highest BCUT2D eigenvalue weighted by Gasteiger charge is 2.22. The third-order valence-electron chi connectivity index (χ3n) is 8.55. The van der Waals surface area contributed by atoms with Gasteiger partial charge in [-0.3, -0.25) is 24.6 Å². The first-order valence-corrected chi connectivity index (χ1v) is 21.7. The number of nitrogens with zero attached hydrogens (tertiary/aromatic N) is 7. The van der Waals surface area contributed by atoms with E-state index in [-0.39, 0.29) is 64.5 Å². The van der Waals surface area contributed by atoms with E-state index in [1.165, 1.54) is 0 Å². The minimum Gasteiger partial charge on any atom is -0.476 e. The van der Waals surface area contributed by atoms with Crippen molar-refractivity contribution in [2.24, 2.45) is 22.9 Å². The average Bonchev–Trinajstić information content (AvgIpc) is 4.12. The lowest BCUT2D eigenvalue weighted by Crippen LogP contribution is -2.18. The molecule has 68 heavy (non-hydrogen) atoms. The molecule has 6 heterocycles. The van der Waals surface area contributed by atoms with Crippen LogP contribution in [0.25, 0.3) is 0 Å². The van der Waals surface area contributed by atoms with Crippen LogP contribution in [0.4, 0.5) is 0 Å². The summed E-state index contributed by atoms with van der Waals surface area (Å²) in [5.74, 6) is 1.12. The van der Waals surface area contributed by atoms with E-state index in [1.54, 1.807) is 43.1 Å². The summed E-state index contributed by atoms with van der Waals surface area (Å²) in [7, 11) is 1.83. The van der Waals surface area contributed by atoms with Crippen LogP contribution in [-0.2, 0) is 14.4 Å². The normalized spacial score (nSPS) is 11.2. The zero-order chi connectivity index (χ0) is 52.6. The molecule has 0 bridgehead atoms. The highest BCUT2D eigenvalue weighted by atomic mass is 16.4. The number of carbonyl (C=O) groups is 5. The highest BCUT2D eigenvalue weighted by molar-refractivity contribution is 6.42. The molecule has 21 nitrogen and oxygen atoms in total. The monoisotopic (exact) mass is 950 g/mol. The molecule has 0 fully saturated rings. The van der Waals surface area contributed by atoms with Crippen molar-refractivity contribution in [3.05, 3.63) is 87.9 Å². The molecular weight excluding hydrogens is 883 g/mol. The molecule has 4 N–H and O–H groups in total. The Labute approximate surface area is 396 Å². The van der Waals surface area contributed by atoms with Gasteiger partial charge in [0, 0.05) is 47.4 Å². The summed E-state index contributed by atoms with van der Waals surface area (Å²) in [6.45, 7) is 30.0. The zero-order valence-electron chi connectivity index (χ0n) is 42.2. The van der Waals surface area contributed by atoms with Crippen molar-refractivity contribution in [3.63, 3.8) is 0 Å². The summed E-state index contributed by atoms with van der Waals surface area (Å²) in [4.78, 5) is 83.0. The number of hydrogen-bond acceptors (Lipinski definition) is 16. The Morgan fingerprint density at radius 2 is 1.24 bits per heavy atom. The van der Waals surface area contributed by atoms with Gasteiger partial charge in [0.2, 0.25) is 5.76 Å². The van der Waals surface area contributed by atoms with Gasteiger partial charge in [-0.1, -0.05) is 87.8 Å². The first-order valence-electron chi connectivity index (χ1n) is 21.7. The van der Waals surface area contributed by atoms with Gasteiger partial charge in [0.15, 0.2) is 59.7 Å². The Morgan fingerprint density at radius 1 is 0.706 bits per heavy atom. The van der Waals surface area contributed by atoms with Crippen molar-refractivity contribution < 1.29 is 61.7 Å². The molecular formula is C47H68N9O12+. The maximum absolute atomic E-state index is 11.3. The first-order chi connectivity index (χ1) is 31.6. The van der Waals surface area contributed by atoms with Crippen LogP contribution >= 0.6 is 0 Å². The quantitative estimate of drug-likeness (QED) is 0.0711. The number of oxazole rings is 3. The first kappa shape index (κ1) is 60.7. The lowest BCUT2D eigenvalue weighted by atomic mass is 10.0. The number of hydrazone groups is 1. The highest BCUT2D eigenvalue weighted by Crippen LogP contribution is 2.18. The van der Waals surface area contributed by atoms with Crippen molar-refractivity contribution in [3.8, 4) is 0 Å². The predicted molar refractivity (Wildman–Crippen MR) is 249 cm³/mol. The van der Waals surface area contributed by atoms with Crippen LogP contribution in [0.3, 0.4) is 0 Å². The van der Waals surface area contributed by atoms with Gasteiger partial charge in [-0.15, -0.1) is 0 Å². The number of Topliss-reactive ketones (excluding diaryl/α,β-unsaturated/α-hetero) is 3. The predicted octanol–water partition coefficient (Wildman–Crippen LogP) is 8.62. The number of H-pyrrole nitrogens is 2. The van der Waals surface area contributed by atoms with E-state index in [9.17, 15) is 24.0 Å². The molecule has 0 unspecified atom stereocenters. The van der Waals surface area contributed by atoms with Crippen molar-refractivity contribution in [1.82, 2.24) is 35.3 Å². The smallest absolute Gasteiger partial charge is 0.373 e. The molecule has 21 heteroatoms. The van der Waals surface area contributed by atoms with Gasteiger partial charge in [0.1, 0.15) is 23.4 Å². The molecule has 5 aromatic rings. The number of aromatic nitrogens is 7. The maximum atomic E-state index is 11.3. The second-order valence-electron chi connectivity index (χ2n) is 16.9. The van der Waals surface area contributed by atoms with Crippen molar-refractivity contribution in [1.29, 1.82) is 0 Å². The lowest BCUT2D eigenvalue weighted by molar-refractivity contribution is -0.494. The van der Waals surface area contributed by atoms with Crippen molar-refractivity contribution in [2.45, 2.75) is 135 Å². The molecule has 0 radical (unpaired) electrons. The fraction of sp³-hybridized carbons (Fsp3) is 0.511. The van der Waals surface area contributed by atoms with E-state index >= 15 is 0 Å². The zero-order valence-corrected chi connectivity index (χ0v) is 42.2. The van der Waals surface area contributed by atoms with Gasteiger partial charge >= 0.3 is 18.1 Å². The molecule has 0 atom stereocenters. The fourth-order valence-corrected chi connectivity index (χ4v) is 4.88. The van der Waals surface area contributed by atoms with E-state index in [0.717, 1.165) is 17.3 Å². The second-order valence-corrected chi connectivity index (χ2v) is 16.9. The topological polar surface area (TPSA) is 311 Å². The number of rotatable bonds is 11. The summed E-state index contributed by atoms with van der Waals surface area (Å²) < 4.78 is 17.0. The molecule has 0 spiro atoms. The summed E-state index contributed by atoms with van der Waals surface area (Å²) >= 11 is 0. The number of aromatic amines is 2. The molecule has 1 aliphatic rings. The Bertz CT molecular complexity index is 2390. The average molecular weight is 951 g/mol. The fourth-order valence-electron chi connectivity index (χ4n) is 4.88. The van der Waals surface area contributed by atoms with Crippen LogP contribution < -0.4 is 0 Å². The van der Waals surface area contributed by atoms with Gasteiger partial charge in [0.05, 0.1) is 17.8 Å². The molecule has 5 aromatic heterocycles. The Morgan fingerprint density at radius 3 is 1.53 bits per heavy atom. The van der Waals surface area contributed by atoms with Gasteiger partial charge in [-0.2, -0.15) is 19.8 Å². The van der Waals surface area contributed by atoms with E-state index in [1.807, 2.05) is 96.3 Å². The third-order valence-corrected chi connectivity index (χ3v) is 8.55. The summed E-state index contributed by atoms with van der Waals surface area (Å²) in [5, 5.41) is 34.2. The number of nitrogens with one attached hydrogen (secondary N) is 2. The molecule has 0 aliphatic carbocycles. The molecule has 0 aromatic carbocycles. The molecule has 6 rings (SSSR count). The number of hydrogen-bond donors (Lipinski definition) is 4. The standard InChI is InChI=1S/C8H13N2O.C8H12N2O.2C8H11NO3.C7H10N2O.C7H11NO.CO2/c1-6(2)8(11)7-4-5-10(3)9-7;1-5(2)8(11)7-4-6(3)9-10-7;1-4(2)7-9-6(8(10)11)5(3)12-7;1-4(2)7-9-5(3)6(12-7)8(10)11;1-5(2)7(10)6-3-4-8-9-6;1-5(2)7-8-6(3)4-9-7;2-1-3/h5-6H,4H2,1-3H3;4-5H,1-3H3,(H,9,10);2*4H,1-3H3,(H,10,11);3-5H,1-2H3,(H,8,9);4-5H,1-3H3;/q+1;;;;;;. The van der Waals surface area contributed by atoms with E-state index < -0.39 is 11.9 Å². The molecule has 0 amide bonds. The Balaban J connectivity index is 0.000000784. The number of carbonyl (C=O) groups excluding carboxylic acids is 5. The molecule has 0 saturated heterocycles. The number of carboxylic acids is 2. The van der Waals surface area contributed by atoms with Crippen LogP contribution in [0.15, 0.2) is 42.9 Å². The van der Waals surface area contributed by atoms with Gasteiger partial charge < -0.3 is 23.5 Å². The Kier molecular flexibility index (Phi) is 26.9. The van der Waals surface area contributed by atoms with E-state index in [2.05, 4.69) is 54.3 Å². The van der Waals surface area contributed by atoms with E-state index in [4.69, 9.17) is 33.1 Å². The largest absolute Gasteiger partial charge is 0.476 e. The van der Waals surface area contributed by atoms with E-state index in [0.29, 0.717) is 52.7 Å². The lowest BCUT2D eigenvalue weighted by Gasteiger charge is -1.98. The molecule has 1 aliphatic heterocycles. The minimum absolute atomic E-state index is 0.0127. The molecule has 372 valence electrons. The van der Waals surface area contributed by atoms with Crippen LogP contribution in [-0.4, -0.2) is 105 Å². The van der Waals surface area contributed by atoms with Crippen molar-refractivity contribution in [2.75, 3.05) is 7.05 Å². The Hall–Kier alpha value is -7.28. The molecule has 0 saturated carbocycles. The second kappa shape index (κ2) is 30.1. The number of ketones is 3. The van der Waals surface area contributed by atoms with Gasteiger partial charge in [-0.25, -0.2) is 24.5 Å². The summed E-state index contributed by atoms with van der Waals surface area (Å²) in [6, 6.07) is 3.45. The number of aryl methyl sites for hydroxylation is 4. The van der Waals surface area contributed by atoms with Crippen LogP contribution in [0.1, 0.15) is 190 Å². The summed E-state index contributed by atoms with van der Waals surface area (Å²) in [6.07, 6.45) is 6.09. The van der Waals surface area contributed by atoms with Gasteiger partial charge in [0.25, 0.3) is 0 Å². The number of aromatic carboxylic acids is 2. The van der Waals surface area contributed by atoms with Crippen LogP contribution in [0.2, 0.25) is 0 Å². The van der Waals surface area contributed by atoms with Crippen LogP contribution in [0.5, 0.6) is 0 Å². The van der Waals surface area contributed by atoms with Crippen LogP contribution in [0, 0.1) is 45.4 Å². The maximum Gasteiger partial charge on any atom is 0.373 e. The minimum atomic E-state index is -1.06. The third kappa shape index (κ3) is 21.8. The van der Waals surface area contributed by atoms with Crippen molar-refractivity contribution >= 4 is 47.4 Å².